The summed E-state index contributed by atoms with van der Waals surface area (Å²) in [6, 6.07) is 7.71. The van der Waals surface area contributed by atoms with Crippen molar-refractivity contribution in [2.45, 2.75) is 38.9 Å². The van der Waals surface area contributed by atoms with E-state index in [0.717, 1.165) is 17.7 Å². The number of amides is 2. The second-order valence-corrected chi connectivity index (χ2v) is 6.98. The van der Waals surface area contributed by atoms with E-state index in [1.165, 1.54) is 18.7 Å². The van der Waals surface area contributed by atoms with Crippen LogP contribution in [-0.2, 0) is 22.6 Å². The number of anilines is 2. The Morgan fingerprint density at radius 1 is 1.14 bits per heavy atom. The molecule has 0 fully saturated rings. The predicted molar refractivity (Wildman–Crippen MR) is 108 cm³/mol. The molecule has 2 aromatic heterocycles. The van der Waals surface area contributed by atoms with Gasteiger partial charge in [-0.3, -0.25) is 9.59 Å². The van der Waals surface area contributed by atoms with Crippen LogP contribution in [0.5, 0.6) is 0 Å². The van der Waals surface area contributed by atoms with Crippen LogP contribution in [0, 0.1) is 0 Å². The quantitative estimate of drug-likeness (QED) is 0.537. The van der Waals surface area contributed by atoms with E-state index in [1.807, 2.05) is 38.1 Å². The predicted octanol–water partition coefficient (Wildman–Crippen LogP) is 2.60. The summed E-state index contributed by atoms with van der Waals surface area (Å²) in [4.78, 5) is 23.7. The largest absolute Gasteiger partial charge is 0.325 e. The number of carbonyl (C=O) groups excluding carboxylic acids is 2. The van der Waals surface area contributed by atoms with Crippen LogP contribution in [0.4, 0.5) is 11.5 Å². The van der Waals surface area contributed by atoms with Gasteiger partial charge in [0.25, 0.3) is 0 Å². The third kappa shape index (κ3) is 4.80. The molecule has 152 valence electrons. The van der Waals surface area contributed by atoms with E-state index in [4.69, 9.17) is 4.63 Å². The van der Waals surface area contributed by atoms with Gasteiger partial charge in [-0.2, -0.15) is 0 Å². The number of carbonyl (C=O) groups is 2. The number of rotatable bonds is 8. The Morgan fingerprint density at radius 3 is 2.66 bits per heavy atom. The molecule has 0 saturated carbocycles. The molecule has 11 heteroatoms. The molecule has 29 heavy (non-hydrogen) atoms. The van der Waals surface area contributed by atoms with Crippen molar-refractivity contribution in [3.05, 3.63) is 29.8 Å². The van der Waals surface area contributed by atoms with Crippen molar-refractivity contribution in [2.75, 3.05) is 16.4 Å². The molecule has 0 aliphatic rings. The first-order valence-electron chi connectivity index (χ1n) is 9.07. The lowest BCUT2D eigenvalue weighted by Crippen LogP contribution is -2.15. The Morgan fingerprint density at radius 2 is 1.93 bits per heavy atom. The monoisotopic (exact) mass is 415 g/mol. The van der Waals surface area contributed by atoms with Crippen LogP contribution in [0.25, 0.3) is 11.5 Å². The summed E-state index contributed by atoms with van der Waals surface area (Å²) in [6.07, 6.45) is 0.833. The number of thioether (sulfide) groups is 1. The van der Waals surface area contributed by atoms with Crippen LogP contribution in [0.3, 0.4) is 0 Å². The van der Waals surface area contributed by atoms with Crippen molar-refractivity contribution < 1.29 is 14.2 Å². The van der Waals surface area contributed by atoms with Crippen LogP contribution in [0.2, 0.25) is 0 Å². The van der Waals surface area contributed by atoms with Crippen molar-refractivity contribution >= 4 is 35.1 Å². The molecule has 0 radical (unpaired) electrons. The highest BCUT2D eigenvalue weighted by Gasteiger charge is 2.22. The van der Waals surface area contributed by atoms with E-state index < -0.39 is 0 Å². The molecule has 0 atom stereocenters. The molecule has 2 heterocycles. The number of para-hydroxylation sites is 1. The van der Waals surface area contributed by atoms with Gasteiger partial charge in [-0.15, -0.1) is 10.2 Å². The number of nitrogens with zero attached hydrogens (tertiary/aromatic N) is 5. The zero-order valence-corrected chi connectivity index (χ0v) is 17.1. The summed E-state index contributed by atoms with van der Waals surface area (Å²) in [6.45, 7) is 5.86. The molecule has 0 bridgehead atoms. The van der Waals surface area contributed by atoms with Crippen molar-refractivity contribution in [1.82, 2.24) is 25.1 Å². The SMILES string of the molecule is CCc1ccccc1NC(=O)CSc1nnc(-c2nonc2NC(C)=O)n1CC. The van der Waals surface area contributed by atoms with Crippen LogP contribution in [0.1, 0.15) is 26.3 Å². The van der Waals surface area contributed by atoms with E-state index in [0.29, 0.717) is 17.5 Å². The lowest BCUT2D eigenvalue weighted by atomic mass is 10.1. The van der Waals surface area contributed by atoms with Crippen molar-refractivity contribution in [2.24, 2.45) is 0 Å². The van der Waals surface area contributed by atoms with Gasteiger partial charge in [-0.25, -0.2) is 4.63 Å². The van der Waals surface area contributed by atoms with E-state index in [9.17, 15) is 9.59 Å². The third-order valence-corrected chi connectivity index (χ3v) is 5.00. The summed E-state index contributed by atoms with van der Waals surface area (Å²) in [5, 5.41) is 21.8. The van der Waals surface area contributed by atoms with Crippen LogP contribution >= 0.6 is 11.8 Å². The molecular formula is C18H21N7O3S. The first-order valence-corrected chi connectivity index (χ1v) is 10.1. The maximum atomic E-state index is 12.4. The number of hydrogen-bond donors (Lipinski definition) is 2. The van der Waals surface area contributed by atoms with E-state index in [1.54, 1.807) is 4.57 Å². The number of hydrogen-bond acceptors (Lipinski definition) is 8. The molecule has 1 aromatic carbocycles. The van der Waals surface area contributed by atoms with Gasteiger partial charge < -0.3 is 15.2 Å². The summed E-state index contributed by atoms with van der Waals surface area (Å²) < 4.78 is 6.51. The number of benzene rings is 1. The number of aryl methyl sites for hydroxylation is 1. The first-order chi connectivity index (χ1) is 14.0. The lowest BCUT2D eigenvalue weighted by Gasteiger charge is -2.10. The molecule has 0 aliphatic heterocycles. The molecule has 0 saturated heterocycles. The Balaban J connectivity index is 1.72. The topological polar surface area (TPSA) is 128 Å². The second kappa shape index (κ2) is 9.32. The Bertz CT molecular complexity index is 1010. The van der Waals surface area contributed by atoms with Crippen LogP contribution in [-0.4, -0.2) is 42.6 Å². The zero-order valence-electron chi connectivity index (χ0n) is 16.3. The van der Waals surface area contributed by atoms with E-state index in [-0.39, 0.29) is 29.1 Å². The van der Waals surface area contributed by atoms with Gasteiger partial charge in [0, 0.05) is 19.2 Å². The Hall–Kier alpha value is -3.21. The molecule has 3 rings (SSSR count). The van der Waals surface area contributed by atoms with E-state index >= 15 is 0 Å². The van der Waals surface area contributed by atoms with Gasteiger partial charge in [-0.1, -0.05) is 36.9 Å². The molecule has 2 N–H and O–H groups in total. The molecule has 3 aromatic rings. The summed E-state index contributed by atoms with van der Waals surface area (Å²) in [7, 11) is 0. The van der Waals surface area contributed by atoms with Crippen molar-refractivity contribution in [3.63, 3.8) is 0 Å². The minimum Gasteiger partial charge on any atom is -0.325 e. The number of nitrogens with one attached hydrogen (secondary N) is 2. The van der Waals surface area contributed by atoms with Gasteiger partial charge in [-0.05, 0) is 35.3 Å². The molecule has 0 spiro atoms. The van der Waals surface area contributed by atoms with Gasteiger partial charge in [0.05, 0.1) is 5.75 Å². The fourth-order valence-corrected chi connectivity index (χ4v) is 3.51. The maximum absolute atomic E-state index is 12.4. The standard InChI is InChI=1S/C18H21N7O3S/c1-4-12-8-6-7-9-13(12)20-14(27)10-29-18-22-21-17(25(18)5-2)15-16(19-11(3)26)24-28-23-15/h6-9H,4-5,10H2,1-3H3,(H,20,27)(H,19,24,26). The fourth-order valence-electron chi connectivity index (χ4n) is 2.71. The van der Waals surface area contributed by atoms with Crippen LogP contribution < -0.4 is 10.6 Å². The van der Waals surface area contributed by atoms with Gasteiger partial charge in [0.1, 0.15) is 0 Å². The maximum Gasteiger partial charge on any atom is 0.234 e. The average molecular weight is 415 g/mol. The fraction of sp³-hybridized carbons (Fsp3) is 0.333. The average Bonchev–Trinajstić information content (AvgIpc) is 3.32. The second-order valence-electron chi connectivity index (χ2n) is 6.04. The van der Waals surface area contributed by atoms with Crippen LogP contribution in [0.15, 0.2) is 34.1 Å². The Kier molecular flexibility index (Phi) is 6.60. The van der Waals surface area contributed by atoms with Gasteiger partial charge in [0.2, 0.25) is 17.6 Å². The highest BCUT2D eigenvalue weighted by atomic mass is 32.2. The summed E-state index contributed by atoms with van der Waals surface area (Å²) in [5.74, 6) is 0.307. The summed E-state index contributed by atoms with van der Waals surface area (Å²) in [5.41, 5.74) is 2.17. The minimum atomic E-state index is -0.303. The number of aromatic nitrogens is 5. The molecule has 10 nitrogen and oxygen atoms in total. The minimum absolute atomic E-state index is 0.134. The first kappa shape index (κ1) is 20.5. The van der Waals surface area contributed by atoms with Gasteiger partial charge in [0.15, 0.2) is 16.7 Å². The molecule has 0 aliphatic carbocycles. The van der Waals surface area contributed by atoms with E-state index in [2.05, 4.69) is 31.1 Å². The van der Waals surface area contributed by atoms with Crippen molar-refractivity contribution in [3.8, 4) is 11.5 Å². The molecular weight excluding hydrogens is 394 g/mol. The van der Waals surface area contributed by atoms with Gasteiger partial charge >= 0.3 is 0 Å². The third-order valence-electron chi connectivity index (χ3n) is 4.03. The Labute approximate surface area is 171 Å². The molecule has 2 amide bonds. The normalized spacial score (nSPS) is 10.7. The lowest BCUT2D eigenvalue weighted by molar-refractivity contribution is -0.114. The highest BCUT2D eigenvalue weighted by Crippen LogP contribution is 2.27. The smallest absolute Gasteiger partial charge is 0.234 e. The van der Waals surface area contributed by atoms with Crippen molar-refractivity contribution in [1.29, 1.82) is 0 Å². The highest BCUT2D eigenvalue weighted by molar-refractivity contribution is 7.99. The molecule has 0 unspecified atom stereocenters. The summed E-state index contributed by atoms with van der Waals surface area (Å²) >= 11 is 1.26. The zero-order chi connectivity index (χ0) is 20.8.